The Labute approximate surface area is 124 Å². The third-order valence-electron chi connectivity index (χ3n) is 3.26. The SMILES string of the molecule is CN(C)c1ccccc1NCc1ccccc1/C(N)=N/O. The average molecular weight is 284 g/mol. The van der Waals surface area contributed by atoms with E-state index in [4.69, 9.17) is 10.9 Å². The van der Waals surface area contributed by atoms with E-state index in [1.54, 1.807) is 0 Å². The monoisotopic (exact) mass is 284 g/mol. The third-order valence-corrected chi connectivity index (χ3v) is 3.26. The number of anilines is 2. The van der Waals surface area contributed by atoms with E-state index in [0.717, 1.165) is 22.5 Å². The molecule has 0 radical (unpaired) electrons. The van der Waals surface area contributed by atoms with Crippen molar-refractivity contribution in [2.24, 2.45) is 10.9 Å². The van der Waals surface area contributed by atoms with Gasteiger partial charge in [0, 0.05) is 26.2 Å². The first-order chi connectivity index (χ1) is 10.1. The summed E-state index contributed by atoms with van der Waals surface area (Å²) in [6.07, 6.45) is 0. The van der Waals surface area contributed by atoms with Crippen LogP contribution < -0.4 is 16.0 Å². The number of hydrogen-bond donors (Lipinski definition) is 3. The zero-order valence-corrected chi connectivity index (χ0v) is 12.2. The minimum absolute atomic E-state index is 0.119. The van der Waals surface area contributed by atoms with Crippen molar-refractivity contribution in [3.05, 3.63) is 59.7 Å². The molecule has 0 fully saturated rings. The molecule has 110 valence electrons. The summed E-state index contributed by atoms with van der Waals surface area (Å²) in [7, 11) is 4.01. The summed E-state index contributed by atoms with van der Waals surface area (Å²) in [6, 6.07) is 15.7. The number of para-hydroxylation sites is 2. The maximum Gasteiger partial charge on any atom is 0.170 e. The summed E-state index contributed by atoms with van der Waals surface area (Å²) in [5, 5.41) is 15.3. The van der Waals surface area contributed by atoms with E-state index < -0.39 is 0 Å². The van der Waals surface area contributed by atoms with Gasteiger partial charge in [-0.3, -0.25) is 0 Å². The smallest absolute Gasteiger partial charge is 0.170 e. The predicted octanol–water partition coefficient (Wildman–Crippen LogP) is 2.46. The van der Waals surface area contributed by atoms with Crippen LogP contribution in [0, 0.1) is 0 Å². The van der Waals surface area contributed by atoms with Crippen LogP contribution >= 0.6 is 0 Å². The van der Waals surface area contributed by atoms with Crippen LogP contribution in [-0.4, -0.2) is 25.1 Å². The quantitative estimate of drug-likeness (QED) is 0.341. The van der Waals surface area contributed by atoms with Gasteiger partial charge >= 0.3 is 0 Å². The number of amidine groups is 1. The molecule has 0 unspecified atom stereocenters. The fraction of sp³-hybridized carbons (Fsp3) is 0.188. The molecule has 2 aromatic rings. The number of benzene rings is 2. The van der Waals surface area contributed by atoms with Crippen LogP contribution in [0.5, 0.6) is 0 Å². The first-order valence-corrected chi connectivity index (χ1v) is 6.69. The van der Waals surface area contributed by atoms with Gasteiger partial charge in [0.15, 0.2) is 5.84 Å². The standard InChI is InChI=1S/C16H20N4O/c1-20(2)15-10-6-5-9-14(15)18-11-12-7-3-4-8-13(12)16(17)19-21/h3-10,18,21H,11H2,1-2H3,(H2,17,19). The zero-order chi connectivity index (χ0) is 15.2. The highest BCUT2D eigenvalue weighted by molar-refractivity contribution is 5.98. The van der Waals surface area contributed by atoms with Crippen molar-refractivity contribution in [3.63, 3.8) is 0 Å². The summed E-state index contributed by atoms with van der Waals surface area (Å²) in [5.74, 6) is 0.119. The van der Waals surface area contributed by atoms with Gasteiger partial charge in [0.25, 0.3) is 0 Å². The molecular weight excluding hydrogens is 264 g/mol. The van der Waals surface area contributed by atoms with Crippen LogP contribution in [0.15, 0.2) is 53.7 Å². The lowest BCUT2D eigenvalue weighted by Crippen LogP contribution is -2.17. The second-order valence-corrected chi connectivity index (χ2v) is 4.91. The number of nitrogens with zero attached hydrogens (tertiary/aromatic N) is 2. The highest BCUT2D eigenvalue weighted by Gasteiger charge is 2.08. The fourth-order valence-electron chi connectivity index (χ4n) is 2.18. The molecule has 0 amide bonds. The van der Waals surface area contributed by atoms with Crippen LogP contribution in [-0.2, 0) is 6.54 Å². The van der Waals surface area contributed by atoms with Gasteiger partial charge in [-0.05, 0) is 17.7 Å². The summed E-state index contributed by atoms with van der Waals surface area (Å²) >= 11 is 0. The van der Waals surface area contributed by atoms with Crippen molar-refractivity contribution in [1.82, 2.24) is 0 Å². The van der Waals surface area contributed by atoms with Gasteiger partial charge < -0.3 is 21.2 Å². The molecule has 0 aliphatic rings. The minimum atomic E-state index is 0.119. The Balaban J connectivity index is 2.22. The third kappa shape index (κ3) is 3.45. The number of hydrogen-bond acceptors (Lipinski definition) is 4. The van der Waals surface area contributed by atoms with E-state index in [1.165, 1.54) is 0 Å². The molecule has 0 atom stereocenters. The Hall–Kier alpha value is -2.69. The van der Waals surface area contributed by atoms with E-state index >= 15 is 0 Å². The molecule has 0 aromatic heterocycles. The molecule has 5 heteroatoms. The van der Waals surface area contributed by atoms with Gasteiger partial charge in [-0.2, -0.15) is 0 Å². The summed E-state index contributed by atoms with van der Waals surface area (Å²) in [5.41, 5.74) is 9.56. The van der Waals surface area contributed by atoms with Gasteiger partial charge in [0.1, 0.15) is 0 Å². The van der Waals surface area contributed by atoms with Gasteiger partial charge in [-0.15, -0.1) is 0 Å². The summed E-state index contributed by atoms with van der Waals surface area (Å²) in [4.78, 5) is 2.05. The van der Waals surface area contributed by atoms with Gasteiger partial charge in [0.05, 0.1) is 11.4 Å². The normalized spacial score (nSPS) is 11.2. The molecule has 2 rings (SSSR count). The van der Waals surface area contributed by atoms with Gasteiger partial charge in [-0.25, -0.2) is 0 Å². The second kappa shape index (κ2) is 6.65. The lowest BCUT2D eigenvalue weighted by Gasteiger charge is -2.19. The zero-order valence-electron chi connectivity index (χ0n) is 12.2. The molecule has 0 heterocycles. The van der Waals surface area contributed by atoms with Crippen LogP contribution in [0.4, 0.5) is 11.4 Å². The molecule has 5 nitrogen and oxygen atoms in total. The maximum atomic E-state index is 8.85. The first kappa shape index (κ1) is 14.7. The van der Waals surface area contributed by atoms with Crippen LogP contribution in [0.1, 0.15) is 11.1 Å². The molecule has 0 saturated heterocycles. The number of nitrogens with two attached hydrogens (primary N) is 1. The number of rotatable bonds is 5. The molecule has 0 bridgehead atoms. The minimum Gasteiger partial charge on any atom is -0.409 e. The Morgan fingerprint density at radius 2 is 1.81 bits per heavy atom. The van der Waals surface area contributed by atoms with Gasteiger partial charge in [-0.1, -0.05) is 41.6 Å². The summed E-state index contributed by atoms with van der Waals surface area (Å²) in [6.45, 7) is 0.594. The second-order valence-electron chi connectivity index (χ2n) is 4.91. The van der Waals surface area contributed by atoms with Gasteiger partial charge in [0.2, 0.25) is 0 Å². The van der Waals surface area contributed by atoms with E-state index in [9.17, 15) is 0 Å². The Morgan fingerprint density at radius 3 is 2.52 bits per heavy atom. The molecule has 0 saturated carbocycles. The van der Waals surface area contributed by atoms with Crippen molar-refractivity contribution < 1.29 is 5.21 Å². The Morgan fingerprint density at radius 1 is 1.14 bits per heavy atom. The number of nitrogens with one attached hydrogen (secondary N) is 1. The largest absolute Gasteiger partial charge is 0.409 e. The van der Waals surface area contributed by atoms with E-state index in [0.29, 0.717) is 6.54 Å². The van der Waals surface area contributed by atoms with Crippen LogP contribution in [0.2, 0.25) is 0 Å². The van der Waals surface area contributed by atoms with Crippen molar-refractivity contribution in [2.45, 2.75) is 6.54 Å². The van der Waals surface area contributed by atoms with E-state index in [2.05, 4.69) is 21.4 Å². The molecule has 4 N–H and O–H groups in total. The van der Waals surface area contributed by atoms with Crippen LogP contribution in [0.3, 0.4) is 0 Å². The lowest BCUT2D eigenvalue weighted by atomic mass is 10.1. The van der Waals surface area contributed by atoms with Crippen molar-refractivity contribution >= 4 is 17.2 Å². The van der Waals surface area contributed by atoms with E-state index in [1.807, 2.05) is 56.6 Å². The Bertz CT molecular complexity index is 638. The lowest BCUT2D eigenvalue weighted by molar-refractivity contribution is 0.318. The first-order valence-electron chi connectivity index (χ1n) is 6.69. The average Bonchev–Trinajstić information content (AvgIpc) is 2.52. The van der Waals surface area contributed by atoms with Crippen molar-refractivity contribution in [2.75, 3.05) is 24.3 Å². The van der Waals surface area contributed by atoms with Crippen molar-refractivity contribution in [3.8, 4) is 0 Å². The molecule has 21 heavy (non-hydrogen) atoms. The topological polar surface area (TPSA) is 73.9 Å². The fourth-order valence-corrected chi connectivity index (χ4v) is 2.18. The molecule has 0 spiro atoms. The Kier molecular flexibility index (Phi) is 4.66. The maximum absolute atomic E-state index is 8.85. The molecule has 0 aliphatic carbocycles. The number of oxime groups is 1. The summed E-state index contributed by atoms with van der Waals surface area (Å²) < 4.78 is 0. The molecule has 2 aromatic carbocycles. The predicted molar refractivity (Wildman–Crippen MR) is 87.0 cm³/mol. The highest BCUT2D eigenvalue weighted by Crippen LogP contribution is 2.24. The highest BCUT2D eigenvalue weighted by atomic mass is 16.4. The molecule has 0 aliphatic heterocycles. The molecular formula is C16H20N4O. The van der Waals surface area contributed by atoms with E-state index in [-0.39, 0.29) is 5.84 Å². The van der Waals surface area contributed by atoms with Crippen molar-refractivity contribution in [1.29, 1.82) is 0 Å². The van der Waals surface area contributed by atoms with Crippen LogP contribution in [0.25, 0.3) is 0 Å².